The molecule has 1 aromatic rings. The maximum Gasteiger partial charge on any atom is 0.308 e. The molecule has 0 aliphatic rings. The van der Waals surface area contributed by atoms with E-state index in [0.717, 1.165) is 14.5 Å². The quantitative estimate of drug-likeness (QED) is 0.587. The van der Waals surface area contributed by atoms with Gasteiger partial charge in [-0.3, -0.25) is 4.79 Å². The zero-order valence-electron chi connectivity index (χ0n) is 7.23. The predicted octanol–water partition coefficient (Wildman–Crippen LogP) is 3.45. The zero-order valence-corrected chi connectivity index (χ0v) is 10.4. The number of aryl methyl sites for hydroxylation is 1. The highest BCUT2D eigenvalue weighted by Gasteiger charge is 2.10. The topological polar surface area (TPSA) is 26.3 Å². The smallest absolute Gasteiger partial charge is 0.308 e. The first-order valence-corrected chi connectivity index (χ1v) is 5.24. The lowest BCUT2D eigenvalue weighted by atomic mass is 10.2. The maximum atomic E-state index is 10.8. The van der Waals surface area contributed by atoms with Crippen LogP contribution in [-0.4, -0.2) is 5.97 Å². The summed E-state index contributed by atoms with van der Waals surface area (Å²) >= 11 is 6.65. The van der Waals surface area contributed by atoms with E-state index in [1.807, 2.05) is 19.1 Å². The molecule has 0 bridgehead atoms. The van der Waals surface area contributed by atoms with Crippen LogP contribution in [-0.2, 0) is 4.79 Å². The Morgan fingerprint density at radius 2 is 2.00 bits per heavy atom. The molecule has 0 aliphatic carbocycles. The maximum absolute atomic E-state index is 10.8. The average Bonchev–Trinajstić information content (AvgIpc) is 2.05. The summed E-state index contributed by atoms with van der Waals surface area (Å²) in [6, 6.07) is 3.78. The molecule has 0 atom stereocenters. The van der Waals surface area contributed by atoms with Crippen LogP contribution in [0, 0.1) is 6.92 Å². The normalized spacial score (nSPS) is 9.85. The van der Waals surface area contributed by atoms with Crippen molar-refractivity contribution in [1.82, 2.24) is 0 Å². The van der Waals surface area contributed by atoms with Gasteiger partial charge in [0.2, 0.25) is 0 Å². The van der Waals surface area contributed by atoms with Gasteiger partial charge in [0.15, 0.2) is 5.75 Å². The first kappa shape index (κ1) is 10.7. The van der Waals surface area contributed by atoms with Gasteiger partial charge in [0.25, 0.3) is 0 Å². The van der Waals surface area contributed by atoms with E-state index < -0.39 is 0 Å². The lowest BCUT2D eigenvalue weighted by Crippen LogP contribution is -2.03. The van der Waals surface area contributed by atoms with E-state index in [4.69, 9.17) is 4.74 Å². The van der Waals surface area contributed by atoms with E-state index in [-0.39, 0.29) is 5.97 Å². The Balaban J connectivity index is 3.17. The van der Waals surface area contributed by atoms with Crippen LogP contribution in [0.3, 0.4) is 0 Å². The van der Waals surface area contributed by atoms with Crippen LogP contribution < -0.4 is 4.74 Å². The summed E-state index contributed by atoms with van der Waals surface area (Å²) in [5.41, 5.74) is 1.03. The van der Waals surface area contributed by atoms with Gasteiger partial charge in [0, 0.05) is 6.92 Å². The van der Waals surface area contributed by atoms with Crippen LogP contribution >= 0.6 is 31.9 Å². The van der Waals surface area contributed by atoms with Gasteiger partial charge >= 0.3 is 5.97 Å². The molecule has 0 unspecified atom stereocenters. The van der Waals surface area contributed by atoms with Crippen LogP contribution in [0.5, 0.6) is 5.75 Å². The van der Waals surface area contributed by atoms with Gasteiger partial charge < -0.3 is 4.74 Å². The van der Waals surface area contributed by atoms with Crippen LogP contribution in [0.2, 0.25) is 0 Å². The van der Waals surface area contributed by atoms with E-state index in [2.05, 4.69) is 31.9 Å². The molecule has 0 radical (unpaired) electrons. The van der Waals surface area contributed by atoms with Gasteiger partial charge in [-0.15, -0.1) is 0 Å². The van der Waals surface area contributed by atoms with Gasteiger partial charge in [-0.2, -0.15) is 0 Å². The number of carbonyl (C=O) groups is 1. The van der Waals surface area contributed by atoms with Crippen LogP contribution in [0.4, 0.5) is 0 Å². The van der Waals surface area contributed by atoms with Crippen molar-refractivity contribution in [1.29, 1.82) is 0 Å². The molecule has 0 heterocycles. The first-order chi connectivity index (χ1) is 6.02. The molecule has 0 spiro atoms. The lowest BCUT2D eigenvalue weighted by molar-refractivity contribution is -0.131. The molecule has 70 valence electrons. The Bertz CT molecular complexity index is 348. The fourth-order valence-corrected chi connectivity index (χ4v) is 1.97. The molecule has 0 N–H and O–H groups in total. The third-order valence-electron chi connectivity index (χ3n) is 1.49. The van der Waals surface area contributed by atoms with Crippen LogP contribution in [0.1, 0.15) is 12.5 Å². The van der Waals surface area contributed by atoms with E-state index in [1.165, 1.54) is 6.92 Å². The van der Waals surface area contributed by atoms with Crippen molar-refractivity contribution in [2.75, 3.05) is 0 Å². The van der Waals surface area contributed by atoms with E-state index in [1.54, 1.807) is 0 Å². The number of benzene rings is 1. The minimum Gasteiger partial charge on any atom is -0.424 e. The summed E-state index contributed by atoms with van der Waals surface area (Å²) in [6.45, 7) is 3.31. The van der Waals surface area contributed by atoms with Crippen molar-refractivity contribution in [3.63, 3.8) is 0 Å². The Hall–Kier alpha value is -0.350. The zero-order chi connectivity index (χ0) is 10.0. The van der Waals surface area contributed by atoms with Gasteiger partial charge in [0.1, 0.15) is 0 Å². The molecule has 1 aromatic carbocycles. The third kappa shape index (κ3) is 2.54. The largest absolute Gasteiger partial charge is 0.424 e. The van der Waals surface area contributed by atoms with Crippen molar-refractivity contribution in [3.05, 3.63) is 26.6 Å². The number of esters is 1. The van der Waals surface area contributed by atoms with Crippen LogP contribution in [0.15, 0.2) is 21.1 Å². The van der Waals surface area contributed by atoms with Gasteiger partial charge in [-0.25, -0.2) is 0 Å². The summed E-state index contributed by atoms with van der Waals surface area (Å²) in [5, 5.41) is 0. The first-order valence-electron chi connectivity index (χ1n) is 3.65. The number of hydrogen-bond donors (Lipinski definition) is 0. The fraction of sp³-hybridized carbons (Fsp3) is 0.222. The SMILES string of the molecule is CC(=O)Oc1c(Br)ccc(C)c1Br. The van der Waals surface area contributed by atoms with Crippen molar-refractivity contribution in [2.45, 2.75) is 13.8 Å². The summed E-state index contributed by atoms with van der Waals surface area (Å²) in [7, 11) is 0. The molecule has 2 nitrogen and oxygen atoms in total. The number of ether oxygens (including phenoxy) is 1. The molecule has 4 heteroatoms. The summed E-state index contributed by atoms with van der Waals surface area (Å²) in [5.74, 6) is 0.208. The number of carbonyl (C=O) groups excluding carboxylic acids is 1. The Morgan fingerprint density at radius 3 is 2.54 bits per heavy atom. The Labute approximate surface area is 93.5 Å². The lowest BCUT2D eigenvalue weighted by Gasteiger charge is -2.08. The molecular weight excluding hydrogens is 300 g/mol. The second-order valence-corrected chi connectivity index (χ2v) is 4.25. The van der Waals surface area contributed by atoms with E-state index >= 15 is 0 Å². The van der Waals surface area contributed by atoms with Crippen molar-refractivity contribution < 1.29 is 9.53 Å². The van der Waals surface area contributed by atoms with Gasteiger partial charge in [-0.05, 0) is 50.4 Å². The highest BCUT2D eigenvalue weighted by Crippen LogP contribution is 2.35. The summed E-state index contributed by atoms with van der Waals surface area (Å²) in [4.78, 5) is 10.8. The third-order valence-corrected chi connectivity index (χ3v) is 3.10. The molecule has 1 rings (SSSR count). The molecule has 13 heavy (non-hydrogen) atoms. The fourth-order valence-electron chi connectivity index (χ4n) is 0.868. The van der Waals surface area contributed by atoms with Crippen molar-refractivity contribution >= 4 is 37.8 Å². The molecule has 0 amide bonds. The predicted molar refractivity (Wildman–Crippen MR) is 57.9 cm³/mol. The minimum atomic E-state index is -0.327. The van der Waals surface area contributed by atoms with E-state index in [0.29, 0.717) is 5.75 Å². The van der Waals surface area contributed by atoms with Gasteiger partial charge in [0.05, 0.1) is 8.95 Å². The van der Waals surface area contributed by atoms with E-state index in [9.17, 15) is 4.79 Å². The highest BCUT2D eigenvalue weighted by molar-refractivity contribution is 9.11. The molecule has 0 aliphatic heterocycles. The number of hydrogen-bond acceptors (Lipinski definition) is 2. The van der Waals surface area contributed by atoms with Crippen molar-refractivity contribution in [3.8, 4) is 5.75 Å². The number of halogens is 2. The molecule has 0 fully saturated rings. The Kier molecular flexibility index (Phi) is 3.50. The summed E-state index contributed by atoms with van der Waals surface area (Å²) < 4.78 is 6.59. The monoisotopic (exact) mass is 306 g/mol. The van der Waals surface area contributed by atoms with Crippen molar-refractivity contribution in [2.24, 2.45) is 0 Å². The molecule has 0 aromatic heterocycles. The molecule has 0 saturated heterocycles. The average molecular weight is 308 g/mol. The standard InChI is InChI=1S/C9H8Br2O2/c1-5-3-4-7(10)9(8(5)11)13-6(2)12/h3-4H,1-2H3. The second kappa shape index (κ2) is 4.24. The second-order valence-electron chi connectivity index (χ2n) is 2.60. The number of rotatable bonds is 1. The molecular formula is C9H8Br2O2. The highest BCUT2D eigenvalue weighted by atomic mass is 79.9. The summed E-state index contributed by atoms with van der Waals surface area (Å²) in [6.07, 6.45) is 0. The minimum absolute atomic E-state index is 0.327. The Morgan fingerprint density at radius 1 is 1.38 bits per heavy atom. The molecule has 0 saturated carbocycles. The van der Waals surface area contributed by atoms with Gasteiger partial charge in [-0.1, -0.05) is 6.07 Å². The van der Waals surface area contributed by atoms with Crippen LogP contribution in [0.25, 0.3) is 0 Å².